The fraction of sp³-hybridized carbons (Fsp3) is 0.938. The summed E-state index contributed by atoms with van der Waals surface area (Å²) in [5, 5.41) is 3.23. The molecule has 1 heterocycles. The van der Waals surface area contributed by atoms with Gasteiger partial charge in [0.2, 0.25) is 0 Å². The van der Waals surface area contributed by atoms with E-state index < -0.39 is 0 Å². The third-order valence-corrected chi connectivity index (χ3v) is 4.85. The highest BCUT2D eigenvalue weighted by atomic mass is 127. The highest BCUT2D eigenvalue weighted by Gasteiger charge is 2.38. The first kappa shape index (κ1) is 20.0. The maximum Gasteiger partial charge on any atom is 0.188 e. The Morgan fingerprint density at radius 1 is 1.23 bits per heavy atom. The van der Waals surface area contributed by atoms with Gasteiger partial charge < -0.3 is 15.8 Å². The van der Waals surface area contributed by atoms with Gasteiger partial charge in [-0.15, -0.1) is 24.0 Å². The van der Waals surface area contributed by atoms with E-state index in [2.05, 4.69) is 22.1 Å². The standard InChI is InChI=1S/C16H32N4O.HI/c1-2-3-9-18-15(17)19-14-16(7-5-4-6-8-16)20-10-12-21-13-11-20;/h2-14H2,1H3,(H3,17,18,19);1H. The molecule has 3 N–H and O–H groups in total. The van der Waals surface area contributed by atoms with Crippen molar-refractivity contribution in [3.05, 3.63) is 0 Å². The Kier molecular flexibility index (Phi) is 9.66. The molecule has 0 aromatic rings. The highest BCUT2D eigenvalue weighted by molar-refractivity contribution is 14.0. The van der Waals surface area contributed by atoms with Crippen LogP contribution in [0.3, 0.4) is 0 Å². The summed E-state index contributed by atoms with van der Waals surface area (Å²) in [5.41, 5.74) is 6.24. The SMILES string of the molecule is CCCCNC(N)=NCC1(N2CCOCC2)CCCCC1.I. The largest absolute Gasteiger partial charge is 0.379 e. The summed E-state index contributed by atoms with van der Waals surface area (Å²) >= 11 is 0. The van der Waals surface area contributed by atoms with Crippen LogP contribution in [-0.4, -0.2) is 55.8 Å². The van der Waals surface area contributed by atoms with Gasteiger partial charge in [-0.1, -0.05) is 32.6 Å². The third-order valence-electron chi connectivity index (χ3n) is 4.85. The van der Waals surface area contributed by atoms with Crippen LogP contribution >= 0.6 is 24.0 Å². The zero-order chi connectivity index (χ0) is 15.0. The van der Waals surface area contributed by atoms with Crippen LogP contribution in [0, 0.1) is 0 Å². The number of aliphatic imine (C=N–C) groups is 1. The molecule has 0 aromatic carbocycles. The van der Waals surface area contributed by atoms with Gasteiger partial charge >= 0.3 is 0 Å². The fourth-order valence-corrected chi connectivity index (χ4v) is 3.50. The van der Waals surface area contributed by atoms with Gasteiger partial charge in [-0.2, -0.15) is 0 Å². The number of unbranched alkanes of at least 4 members (excludes halogenated alkanes) is 1. The van der Waals surface area contributed by atoms with Crippen molar-refractivity contribution in [1.82, 2.24) is 10.2 Å². The van der Waals surface area contributed by atoms with Gasteiger partial charge in [0.25, 0.3) is 0 Å². The molecule has 0 unspecified atom stereocenters. The predicted octanol–water partition coefficient (Wildman–Crippen LogP) is 2.34. The Morgan fingerprint density at radius 2 is 1.91 bits per heavy atom. The fourth-order valence-electron chi connectivity index (χ4n) is 3.50. The first-order valence-corrected chi connectivity index (χ1v) is 8.63. The first-order valence-electron chi connectivity index (χ1n) is 8.63. The van der Waals surface area contributed by atoms with E-state index in [1.165, 1.54) is 38.5 Å². The van der Waals surface area contributed by atoms with Crippen LogP contribution < -0.4 is 11.1 Å². The van der Waals surface area contributed by atoms with Gasteiger partial charge in [-0.3, -0.25) is 9.89 Å². The number of nitrogens with one attached hydrogen (secondary N) is 1. The van der Waals surface area contributed by atoms with Crippen molar-refractivity contribution in [2.24, 2.45) is 10.7 Å². The lowest BCUT2D eigenvalue weighted by Crippen LogP contribution is -2.56. The second kappa shape index (κ2) is 10.6. The molecule has 6 heteroatoms. The maximum absolute atomic E-state index is 6.02. The van der Waals surface area contributed by atoms with Crippen molar-refractivity contribution in [1.29, 1.82) is 0 Å². The molecule has 2 rings (SSSR count). The molecule has 2 fully saturated rings. The molecule has 1 aliphatic carbocycles. The number of guanidine groups is 1. The lowest BCUT2D eigenvalue weighted by Gasteiger charge is -2.47. The van der Waals surface area contributed by atoms with Crippen LogP contribution in [0.4, 0.5) is 0 Å². The number of hydrogen-bond acceptors (Lipinski definition) is 3. The highest BCUT2D eigenvalue weighted by Crippen LogP contribution is 2.34. The van der Waals surface area contributed by atoms with Gasteiger partial charge in [0.1, 0.15) is 0 Å². The Labute approximate surface area is 152 Å². The molecular formula is C16H33IN4O. The molecule has 0 atom stereocenters. The Balaban J connectivity index is 0.00000242. The molecular weight excluding hydrogens is 391 g/mol. The molecule has 1 saturated carbocycles. The second-order valence-electron chi connectivity index (χ2n) is 6.37. The van der Waals surface area contributed by atoms with E-state index in [4.69, 9.17) is 10.5 Å². The normalized spacial score (nSPS) is 22.9. The van der Waals surface area contributed by atoms with E-state index in [1.807, 2.05) is 0 Å². The van der Waals surface area contributed by atoms with Crippen molar-refractivity contribution in [2.45, 2.75) is 57.4 Å². The molecule has 5 nitrogen and oxygen atoms in total. The van der Waals surface area contributed by atoms with Crippen LogP contribution in [0.1, 0.15) is 51.9 Å². The Hall–Kier alpha value is -0.0800. The number of nitrogens with zero attached hydrogens (tertiary/aromatic N) is 2. The summed E-state index contributed by atoms with van der Waals surface area (Å²) in [5.74, 6) is 0.613. The lowest BCUT2D eigenvalue weighted by molar-refractivity contribution is -0.0333. The Morgan fingerprint density at radius 3 is 2.55 bits per heavy atom. The number of ether oxygens (including phenoxy) is 1. The third kappa shape index (κ3) is 5.85. The van der Waals surface area contributed by atoms with Crippen molar-refractivity contribution < 1.29 is 4.74 Å². The lowest BCUT2D eigenvalue weighted by atomic mass is 9.80. The summed E-state index contributed by atoms with van der Waals surface area (Å²) in [7, 11) is 0. The van der Waals surface area contributed by atoms with E-state index in [0.717, 1.165) is 45.8 Å². The predicted molar refractivity (Wildman–Crippen MR) is 103 cm³/mol. The second-order valence-corrected chi connectivity index (χ2v) is 6.37. The minimum atomic E-state index is 0. The summed E-state index contributed by atoms with van der Waals surface area (Å²) in [6, 6.07) is 0. The molecule has 0 amide bonds. The van der Waals surface area contributed by atoms with Crippen LogP contribution in [-0.2, 0) is 4.74 Å². The van der Waals surface area contributed by atoms with Crippen molar-refractivity contribution >= 4 is 29.9 Å². The maximum atomic E-state index is 6.02. The summed E-state index contributed by atoms with van der Waals surface area (Å²) in [6.45, 7) is 7.74. The van der Waals surface area contributed by atoms with Crippen molar-refractivity contribution in [3.8, 4) is 0 Å². The molecule has 0 spiro atoms. The molecule has 22 heavy (non-hydrogen) atoms. The van der Waals surface area contributed by atoms with Crippen LogP contribution in [0.25, 0.3) is 0 Å². The molecule has 130 valence electrons. The van der Waals surface area contributed by atoms with Gasteiger partial charge in [0.05, 0.1) is 19.8 Å². The van der Waals surface area contributed by atoms with Gasteiger partial charge in [0.15, 0.2) is 5.96 Å². The van der Waals surface area contributed by atoms with Gasteiger partial charge in [-0.05, 0) is 19.3 Å². The Bertz CT molecular complexity index is 326. The number of nitrogens with two attached hydrogens (primary N) is 1. The van der Waals surface area contributed by atoms with Gasteiger partial charge in [0, 0.05) is 25.2 Å². The van der Waals surface area contributed by atoms with Gasteiger partial charge in [-0.25, -0.2) is 0 Å². The van der Waals surface area contributed by atoms with E-state index in [0.29, 0.717) is 5.96 Å². The number of morpholine rings is 1. The molecule has 1 saturated heterocycles. The number of halogens is 1. The number of hydrogen-bond donors (Lipinski definition) is 2. The summed E-state index contributed by atoms with van der Waals surface area (Å²) in [6.07, 6.45) is 8.81. The minimum Gasteiger partial charge on any atom is -0.379 e. The monoisotopic (exact) mass is 424 g/mol. The molecule has 0 aromatic heterocycles. The van der Waals surface area contributed by atoms with E-state index in [-0.39, 0.29) is 29.5 Å². The van der Waals surface area contributed by atoms with Crippen molar-refractivity contribution in [2.75, 3.05) is 39.4 Å². The average Bonchev–Trinajstić information content (AvgIpc) is 2.55. The van der Waals surface area contributed by atoms with Crippen molar-refractivity contribution in [3.63, 3.8) is 0 Å². The zero-order valence-corrected chi connectivity index (χ0v) is 16.3. The first-order chi connectivity index (χ1) is 10.3. The molecule has 0 radical (unpaired) electrons. The van der Waals surface area contributed by atoms with Crippen LogP contribution in [0.2, 0.25) is 0 Å². The minimum absolute atomic E-state index is 0. The smallest absolute Gasteiger partial charge is 0.188 e. The molecule has 1 aliphatic heterocycles. The summed E-state index contributed by atoms with van der Waals surface area (Å²) in [4.78, 5) is 7.28. The van der Waals surface area contributed by atoms with E-state index in [9.17, 15) is 0 Å². The molecule has 0 bridgehead atoms. The quantitative estimate of drug-likeness (QED) is 0.298. The van der Waals surface area contributed by atoms with Crippen LogP contribution in [0.15, 0.2) is 4.99 Å². The zero-order valence-electron chi connectivity index (χ0n) is 14.0. The van der Waals surface area contributed by atoms with E-state index in [1.54, 1.807) is 0 Å². The van der Waals surface area contributed by atoms with E-state index >= 15 is 0 Å². The number of rotatable bonds is 6. The van der Waals surface area contributed by atoms with Crippen LogP contribution in [0.5, 0.6) is 0 Å². The average molecular weight is 424 g/mol. The summed E-state index contributed by atoms with van der Waals surface area (Å²) < 4.78 is 5.51. The topological polar surface area (TPSA) is 62.9 Å². The molecule has 2 aliphatic rings.